The number of isocyanates is 1. The highest BCUT2D eigenvalue weighted by Gasteiger charge is 2.15. The molecule has 0 fully saturated rings. The highest BCUT2D eigenvalue weighted by molar-refractivity contribution is 5.67. The van der Waals surface area contributed by atoms with Crippen molar-refractivity contribution < 1.29 is 9.53 Å². The molecule has 1 aromatic rings. The first-order chi connectivity index (χ1) is 7.54. The highest BCUT2D eigenvalue weighted by atomic mass is 16.5. The van der Waals surface area contributed by atoms with E-state index < -0.39 is 0 Å². The molecule has 1 aromatic carbocycles. The molecule has 0 bridgehead atoms. The van der Waals surface area contributed by atoms with Crippen molar-refractivity contribution in [1.82, 2.24) is 0 Å². The van der Waals surface area contributed by atoms with Gasteiger partial charge in [0.15, 0.2) is 5.75 Å². The van der Waals surface area contributed by atoms with Gasteiger partial charge in [-0.2, -0.15) is 4.99 Å². The zero-order valence-electron chi connectivity index (χ0n) is 9.71. The standard InChI is InChI=1S/C12H12N2O2/c1-7-8(2)11(14-6-15)10(4)12(9(7)3)16-5-13/h1-4H3. The van der Waals surface area contributed by atoms with E-state index in [2.05, 4.69) is 4.99 Å². The van der Waals surface area contributed by atoms with Gasteiger partial charge >= 0.3 is 0 Å². The average Bonchev–Trinajstić information content (AvgIpc) is 2.28. The molecule has 0 heterocycles. The van der Waals surface area contributed by atoms with Crippen LogP contribution in [-0.2, 0) is 4.79 Å². The predicted octanol–water partition coefficient (Wildman–Crippen LogP) is 2.75. The number of nitriles is 1. The van der Waals surface area contributed by atoms with Gasteiger partial charge in [-0.1, -0.05) is 0 Å². The molecule has 0 aliphatic heterocycles. The number of nitrogens with zero attached hydrogens (tertiary/aromatic N) is 2. The Hall–Kier alpha value is -2.11. The van der Waals surface area contributed by atoms with Crippen molar-refractivity contribution in [2.75, 3.05) is 0 Å². The van der Waals surface area contributed by atoms with Crippen LogP contribution < -0.4 is 4.74 Å². The van der Waals surface area contributed by atoms with E-state index in [-0.39, 0.29) is 0 Å². The molecule has 1 rings (SSSR count). The molecule has 16 heavy (non-hydrogen) atoms. The molecule has 0 aliphatic rings. The van der Waals surface area contributed by atoms with Crippen LogP contribution in [0.2, 0.25) is 0 Å². The van der Waals surface area contributed by atoms with Gasteiger partial charge < -0.3 is 4.74 Å². The second kappa shape index (κ2) is 4.61. The van der Waals surface area contributed by atoms with E-state index in [0.717, 1.165) is 16.7 Å². The maximum atomic E-state index is 10.3. The molecular formula is C12H12N2O2. The summed E-state index contributed by atoms with van der Waals surface area (Å²) in [6.45, 7) is 7.42. The van der Waals surface area contributed by atoms with Crippen LogP contribution in [0.15, 0.2) is 4.99 Å². The number of aliphatic imine (C=N–C) groups is 1. The van der Waals surface area contributed by atoms with Gasteiger partial charge in [0, 0.05) is 5.56 Å². The summed E-state index contributed by atoms with van der Waals surface area (Å²) >= 11 is 0. The number of hydrogen-bond donors (Lipinski definition) is 0. The Morgan fingerprint density at radius 1 is 1.06 bits per heavy atom. The number of rotatable bonds is 2. The summed E-state index contributed by atoms with van der Waals surface area (Å²) < 4.78 is 4.91. The van der Waals surface area contributed by atoms with Crippen molar-refractivity contribution in [3.63, 3.8) is 0 Å². The minimum atomic E-state index is 0.472. The lowest BCUT2D eigenvalue weighted by Crippen LogP contribution is -1.97. The highest BCUT2D eigenvalue weighted by Crippen LogP contribution is 2.37. The van der Waals surface area contributed by atoms with E-state index in [1.165, 1.54) is 6.08 Å². The third-order valence-electron chi connectivity index (χ3n) is 2.82. The Balaban J connectivity index is 3.66. The first-order valence-electron chi connectivity index (χ1n) is 4.78. The van der Waals surface area contributed by atoms with Crippen molar-refractivity contribution in [1.29, 1.82) is 5.26 Å². The summed E-state index contributed by atoms with van der Waals surface area (Å²) in [6, 6.07) is 0. The molecule has 4 nitrogen and oxygen atoms in total. The lowest BCUT2D eigenvalue weighted by molar-refractivity contribution is 0.498. The first kappa shape index (κ1) is 12.0. The van der Waals surface area contributed by atoms with E-state index in [9.17, 15) is 4.79 Å². The molecule has 0 unspecified atom stereocenters. The maximum absolute atomic E-state index is 10.3. The van der Waals surface area contributed by atoms with E-state index in [0.29, 0.717) is 17.0 Å². The normalized spacial score (nSPS) is 9.19. The smallest absolute Gasteiger partial charge is 0.292 e. The molecule has 0 saturated carbocycles. The van der Waals surface area contributed by atoms with Crippen LogP contribution >= 0.6 is 0 Å². The topological polar surface area (TPSA) is 62.4 Å². The Morgan fingerprint density at radius 3 is 2.19 bits per heavy atom. The molecule has 4 heteroatoms. The summed E-state index contributed by atoms with van der Waals surface area (Å²) in [5.74, 6) is 0.472. The van der Waals surface area contributed by atoms with Gasteiger partial charge in [0.25, 0.3) is 6.26 Å². The molecule has 0 atom stereocenters. The number of benzene rings is 1. The minimum absolute atomic E-state index is 0.472. The second-order valence-corrected chi connectivity index (χ2v) is 3.57. The predicted molar refractivity (Wildman–Crippen MR) is 59.4 cm³/mol. The molecule has 0 aromatic heterocycles. The van der Waals surface area contributed by atoms with Crippen molar-refractivity contribution in [2.24, 2.45) is 4.99 Å². The van der Waals surface area contributed by atoms with E-state index in [1.54, 1.807) is 13.2 Å². The lowest BCUT2D eigenvalue weighted by atomic mass is 9.97. The van der Waals surface area contributed by atoms with Crippen molar-refractivity contribution >= 4 is 11.8 Å². The van der Waals surface area contributed by atoms with Crippen molar-refractivity contribution in [2.45, 2.75) is 27.7 Å². The van der Waals surface area contributed by atoms with Gasteiger partial charge in [0.1, 0.15) is 0 Å². The molecule has 0 aliphatic carbocycles. The molecule has 0 amide bonds. The van der Waals surface area contributed by atoms with Gasteiger partial charge in [-0.25, -0.2) is 4.79 Å². The van der Waals surface area contributed by atoms with E-state index in [4.69, 9.17) is 10.00 Å². The number of hydrogen-bond acceptors (Lipinski definition) is 4. The van der Waals surface area contributed by atoms with Gasteiger partial charge in [0.05, 0.1) is 5.69 Å². The molecule has 0 N–H and O–H groups in total. The number of ether oxygens (including phenoxy) is 1. The molecule has 82 valence electrons. The largest absolute Gasteiger partial charge is 0.387 e. The summed E-state index contributed by atoms with van der Waals surface area (Å²) in [5.41, 5.74) is 3.98. The average molecular weight is 216 g/mol. The first-order valence-corrected chi connectivity index (χ1v) is 4.78. The molecular weight excluding hydrogens is 204 g/mol. The Labute approximate surface area is 94.2 Å². The monoisotopic (exact) mass is 216 g/mol. The molecule has 0 spiro atoms. The Bertz CT molecular complexity index is 521. The SMILES string of the molecule is Cc1c(C)c(N=C=O)c(C)c(OC#N)c1C. The van der Waals surface area contributed by atoms with Gasteiger partial charge in [-0.3, -0.25) is 0 Å². The fourth-order valence-electron chi connectivity index (χ4n) is 1.71. The lowest BCUT2D eigenvalue weighted by Gasteiger charge is -2.14. The molecule has 0 radical (unpaired) electrons. The van der Waals surface area contributed by atoms with Crippen LogP contribution in [-0.4, -0.2) is 6.08 Å². The Morgan fingerprint density at radius 2 is 1.69 bits per heavy atom. The van der Waals surface area contributed by atoms with Crippen LogP contribution in [0, 0.1) is 39.2 Å². The summed E-state index contributed by atoms with van der Waals surface area (Å²) in [6.07, 6.45) is 3.16. The summed E-state index contributed by atoms with van der Waals surface area (Å²) in [5, 5.41) is 8.57. The van der Waals surface area contributed by atoms with E-state index in [1.807, 2.05) is 20.8 Å². The van der Waals surface area contributed by atoms with Crippen LogP contribution in [0.4, 0.5) is 5.69 Å². The number of carbonyl (C=O) groups excluding carboxylic acids is 1. The summed E-state index contributed by atoms with van der Waals surface area (Å²) in [4.78, 5) is 14.0. The summed E-state index contributed by atoms with van der Waals surface area (Å²) in [7, 11) is 0. The van der Waals surface area contributed by atoms with Crippen molar-refractivity contribution in [3.05, 3.63) is 22.3 Å². The van der Waals surface area contributed by atoms with Crippen LogP contribution in [0.3, 0.4) is 0 Å². The zero-order chi connectivity index (χ0) is 12.3. The van der Waals surface area contributed by atoms with Crippen LogP contribution in [0.25, 0.3) is 0 Å². The van der Waals surface area contributed by atoms with Crippen molar-refractivity contribution in [3.8, 4) is 12.0 Å². The van der Waals surface area contributed by atoms with E-state index >= 15 is 0 Å². The van der Waals surface area contributed by atoms with Crippen LogP contribution in [0.5, 0.6) is 5.75 Å². The van der Waals surface area contributed by atoms with Gasteiger partial charge in [0.2, 0.25) is 6.08 Å². The fraction of sp³-hybridized carbons (Fsp3) is 0.333. The third-order valence-corrected chi connectivity index (χ3v) is 2.82. The molecule has 0 saturated heterocycles. The quantitative estimate of drug-likeness (QED) is 0.433. The van der Waals surface area contributed by atoms with Crippen LogP contribution in [0.1, 0.15) is 22.3 Å². The zero-order valence-corrected chi connectivity index (χ0v) is 9.71. The maximum Gasteiger partial charge on any atom is 0.292 e. The van der Waals surface area contributed by atoms with Gasteiger partial charge in [-0.15, -0.1) is 5.26 Å². The Kier molecular flexibility index (Phi) is 3.44. The third kappa shape index (κ3) is 1.81. The second-order valence-electron chi connectivity index (χ2n) is 3.57. The fourth-order valence-corrected chi connectivity index (χ4v) is 1.71. The van der Waals surface area contributed by atoms with Gasteiger partial charge in [-0.05, 0) is 44.4 Å². The minimum Gasteiger partial charge on any atom is -0.387 e.